The van der Waals surface area contributed by atoms with Crippen LogP contribution in [-0.2, 0) is 7.05 Å². The van der Waals surface area contributed by atoms with E-state index in [1.54, 1.807) is 0 Å². The normalized spacial score (nSPS) is 19.3. The van der Waals surface area contributed by atoms with Gasteiger partial charge in [-0.15, -0.1) is 0 Å². The molecular weight excluding hydrogens is 290 g/mol. The Balaban J connectivity index is 2.10. The van der Waals surface area contributed by atoms with Crippen LogP contribution in [0.4, 0.5) is 0 Å². The third-order valence-electron chi connectivity index (χ3n) is 3.54. The molecule has 94 valence electrons. The van der Waals surface area contributed by atoms with Crippen molar-refractivity contribution < 1.29 is 0 Å². The van der Waals surface area contributed by atoms with Gasteiger partial charge in [-0.3, -0.25) is 4.68 Å². The molecule has 0 saturated carbocycles. The number of benzene rings is 1. The summed E-state index contributed by atoms with van der Waals surface area (Å²) in [5.74, 6) is 0. The van der Waals surface area contributed by atoms with E-state index >= 15 is 0 Å². The Hall–Kier alpha value is -1.13. The number of rotatable bonds is 2. The van der Waals surface area contributed by atoms with Crippen LogP contribution in [0.1, 0.15) is 24.6 Å². The molecule has 18 heavy (non-hydrogen) atoms. The zero-order chi connectivity index (χ0) is 12.5. The molecule has 3 nitrogen and oxygen atoms in total. The summed E-state index contributed by atoms with van der Waals surface area (Å²) in [6.07, 6.45) is 4.40. The van der Waals surface area contributed by atoms with E-state index in [-0.39, 0.29) is 0 Å². The van der Waals surface area contributed by atoms with Crippen molar-refractivity contribution in [3.8, 4) is 11.1 Å². The number of nitrogens with one attached hydrogen (secondary N) is 1. The summed E-state index contributed by atoms with van der Waals surface area (Å²) in [4.78, 5) is 0. The minimum Gasteiger partial charge on any atom is -0.309 e. The average molecular weight is 306 g/mol. The van der Waals surface area contributed by atoms with Gasteiger partial charge >= 0.3 is 0 Å². The molecule has 2 aromatic rings. The molecule has 1 aromatic heterocycles. The van der Waals surface area contributed by atoms with Gasteiger partial charge in [0.25, 0.3) is 0 Å². The highest BCUT2D eigenvalue weighted by atomic mass is 79.9. The van der Waals surface area contributed by atoms with E-state index in [1.165, 1.54) is 29.7 Å². The molecule has 0 radical (unpaired) electrons. The van der Waals surface area contributed by atoms with Crippen LogP contribution in [0.5, 0.6) is 0 Å². The van der Waals surface area contributed by atoms with E-state index in [1.807, 2.05) is 24.0 Å². The maximum absolute atomic E-state index is 4.43. The van der Waals surface area contributed by atoms with Crippen LogP contribution in [0.2, 0.25) is 0 Å². The molecule has 0 spiro atoms. The average Bonchev–Trinajstić information content (AvgIpc) is 2.98. The Morgan fingerprint density at radius 3 is 2.89 bits per heavy atom. The second-order valence-corrected chi connectivity index (χ2v) is 5.55. The van der Waals surface area contributed by atoms with E-state index in [2.05, 4.69) is 44.5 Å². The van der Waals surface area contributed by atoms with Crippen molar-refractivity contribution in [3.05, 3.63) is 40.6 Å². The lowest BCUT2D eigenvalue weighted by molar-refractivity contribution is 0.575. The number of aromatic nitrogens is 2. The van der Waals surface area contributed by atoms with Gasteiger partial charge in [0.1, 0.15) is 0 Å². The van der Waals surface area contributed by atoms with Gasteiger partial charge in [-0.2, -0.15) is 5.10 Å². The molecule has 4 heteroatoms. The Kier molecular flexibility index (Phi) is 3.22. The largest absolute Gasteiger partial charge is 0.309 e. The molecule has 2 heterocycles. The fourth-order valence-electron chi connectivity index (χ4n) is 2.67. The van der Waals surface area contributed by atoms with Gasteiger partial charge in [-0.25, -0.2) is 0 Å². The number of halogens is 1. The first-order chi connectivity index (χ1) is 8.77. The highest BCUT2D eigenvalue weighted by Crippen LogP contribution is 2.35. The highest BCUT2D eigenvalue weighted by molar-refractivity contribution is 9.10. The summed E-state index contributed by atoms with van der Waals surface area (Å²) in [6, 6.07) is 8.75. The zero-order valence-electron chi connectivity index (χ0n) is 10.4. The number of nitrogens with zero attached hydrogens (tertiary/aromatic N) is 2. The third kappa shape index (κ3) is 1.99. The van der Waals surface area contributed by atoms with Crippen molar-refractivity contribution in [2.45, 2.75) is 18.9 Å². The minimum absolute atomic E-state index is 0.430. The van der Waals surface area contributed by atoms with Crippen molar-refractivity contribution in [1.29, 1.82) is 0 Å². The summed E-state index contributed by atoms with van der Waals surface area (Å²) in [5.41, 5.74) is 3.73. The molecule has 1 atom stereocenters. The first-order valence-corrected chi connectivity index (χ1v) is 7.07. The lowest BCUT2D eigenvalue weighted by Crippen LogP contribution is -2.17. The van der Waals surface area contributed by atoms with Crippen LogP contribution >= 0.6 is 15.9 Å². The fraction of sp³-hybridized carbons (Fsp3) is 0.357. The van der Waals surface area contributed by atoms with Gasteiger partial charge in [-0.1, -0.05) is 34.1 Å². The van der Waals surface area contributed by atoms with E-state index < -0.39 is 0 Å². The molecular formula is C14H16BrN3. The maximum Gasteiger partial charge on any atom is 0.0629 e. The summed E-state index contributed by atoms with van der Waals surface area (Å²) >= 11 is 3.63. The maximum atomic E-state index is 4.43. The first kappa shape index (κ1) is 11.9. The van der Waals surface area contributed by atoms with Crippen molar-refractivity contribution in [3.63, 3.8) is 0 Å². The molecule has 1 N–H and O–H groups in total. The molecule has 1 aliphatic heterocycles. The Morgan fingerprint density at radius 2 is 2.17 bits per heavy atom. The van der Waals surface area contributed by atoms with Crippen LogP contribution < -0.4 is 5.32 Å². The van der Waals surface area contributed by atoms with Gasteiger partial charge in [0.15, 0.2) is 0 Å². The highest BCUT2D eigenvalue weighted by Gasteiger charge is 2.24. The van der Waals surface area contributed by atoms with Crippen molar-refractivity contribution >= 4 is 15.9 Å². The van der Waals surface area contributed by atoms with Crippen molar-refractivity contribution in [2.24, 2.45) is 7.05 Å². The molecule has 0 aliphatic carbocycles. The molecule has 1 aromatic carbocycles. The van der Waals surface area contributed by atoms with Gasteiger partial charge in [-0.05, 0) is 31.0 Å². The Bertz CT molecular complexity index is 556. The fourth-order valence-corrected chi connectivity index (χ4v) is 3.16. The molecule has 1 fully saturated rings. The molecule has 3 rings (SSSR count). The van der Waals surface area contributed by atoms with Crippen molar-refractivity contribution in [2.75, 3.05) is 6.54 Å². The van der Waals surface area contributed by atoms with Crippen LogP contribution in [0.3, 0.4) is 0 Å². The van der Waals surface area contributed by atoms with Gasteiger partial charge < -0.3 is 5.32 Å². The molecule has 1 aliphatic rings. The number of aryl methyl sites for hydroxylation is 1. The van der Waals surface area contributed by atoms with Crippen LogP contribution in [-0.4, -0.2) is 16.3 Å². The van der Waals surface area contributed by atoms with E-state index in [0.29, 0.717) is 6.04 Å². The lowest BCUT2D eigenvalue weighted by atomic mass is 10.0. The smallest absolute Gasteiger partial charge is 0.0629 e. The molecule has 1 saturated heterocycles. The standard InChI is InChI=1S/C14H16BrN3/c1-18-14(13-7-4-8-16-13)11(9-17-18)10-5-2-3-6-12(10)15/h2-3,5-6,9,13,16H,4,7-8H2,1H3. The summed E-state index contributed by atoms with van der Waals surface area (Å²) < 4.78 is 3.12. The zero-order valence-corrected chi connectivity index (χ0v) is 11.9. The second kappa shape index (κ2) is 4.86. The Labute approximate surface area is 115 Å². The number of hydrogen-bond acceptors (Lipinski definition) is 2. The van der Waals surface area contributed by atoms with Gasteiger partial charge in [0.2, 0.25) is 0 Å². The van der Waals surface area contributed by atoms with E-state index in [0.717, 1.165) is 11.0 Å². The SMILES string of the molecule is Cn1ncc(-c2ccccc2Br)c1C1CCCN1. The second-order valence-electron chi connectivity index (χ2n) is 4.70. The first-order valence-electron chi connectivity index (χ1n) is 6.27. The molecule has 1 unspecified atom stereocenters. The molecule has 0 bridgehead atoms. The van der Waals surface area contributed by atoms with Crippen LogP contribution in [0.15, 0.2) is 34.9 Å². The third-order valence-corrected chi connectivity index (χ3v) is 4.23. The van der Waals surface area contributed by atoms with Crippen molar-refractivity contribution in [1.82, 2.24) is 15.1 Å². The lowest BCUT2D eigenvalue weighted by Gasteiger charge is -2.14. The summed E-state index contributed by atoms with van der Waals surface area (Å²) in [5, 5.41) is 7.99. The van der Waals surface area contributed by atoms with Crippen LogP contribution in [0, 0.1) is 0 Å². The van der Waals surface area contributed by atoms with E-state index in [9.17, 15) is 0 Å². The quantitative estimate of drug-likeness (QED) is 0.923. The topological polar surface area (TPSA) is 29.9 Å². The summed E-state index contributed by atoms with van der Waals surface area (Å²) in [6.45, 7) is 1.10. The molecule has 0 amide bonds. The summed E-state index contributed by atoms with van der Waals surface area (Å²) in [7, 11) is 2.02. The van der Waals surface area contributed by atoms with Gasteiger partial charge in [0, 0.05) is 23.1 Å². The van der Waals surface area contributed by atoms with Crippen LogP contribution in [0.25, 0.3) is 11.1 Å². The minimum atomic E-state index is 0.430. The predicted molar refractivity (Wildman–Crippen MR) is 76.3 cm³/mol. The van der Waals surface area contributed by atoms with Gasteiger partial charge in [0.05, 0.1) is 11.9 Å². The Morgan fingerprint density at radius 1 is 1.33 bits per heavy atom. The monoisotopic (exact) mass is 305 g/mol. The predicted octanol–water partition coefficient (Wildman–Crippen LogP) is 3.27. The number of hydrogen-bond donors (Lipinski definition) is 1. The van der Waals surface area contributed by atoms with E-state index in [4.69, 9.17) is 0 Å².